The summed E-state index contributed by atoms with van der Waals surface area (Å²) < 4.78 is 10.8. The van der Waals surface area contributed by atoms with E-state index in [4.69, 9.17) is 9.26 Å². The van der Waals surface area contributed by atoms with Gasteiger partial charge < -0.3 is 19.5 Å². The Balaban J connectivity index is 1.65. The highest BCUT2D eigenvalue weighted by Gasteiger charge is 2.30. The molecule has 0 radical (unpaired) electrons. The molecule has 2 aliphatic heterocycles. The number of hydrogen-bond donors (Lipinski definition) is 1. The molecule has 0 amide bonds. The Morgan fingerprint density at radius 3 is 2.74 bits per heavy atom. The quantitative estimate of drug-likeness (QED) is 0.894. The summed E-state index contributed by atoms with van der Waals surface area (Å²) >= 11 is 0. The predicted octanol–water partition coefficient (Wildman–Crippen LogP) is 1.50. The summed E-state index contributed by atoms with van der Waals surface area (Å²) in [4.78, 5) is 6.80. The summed E-state index contributed by atoms with van der Waals surface area (Å²) in [6, 6.07) is 0.137. The maximum absolute atomic E-state index is 5.41. The summed E-state index contributed by atoms with van der Waals surface area (Å²) in [5.41, 5.74) is 0. The monoisotopic (exact) mass is 266 g/mol. The zero-order valence-electron chi connectivity index (χ0n) is 11.5. The van der Waals surface area contributed by atoms with Crippen LogP contribution in [0.5, 0.6) is 0 Å². The van der Waals surface area contributed by atoms with E-state index in [1.165, 1.54) is 25.7 Å². The van der Waals surface area contributed by atoms with Crippen LogP contribution in [0.4, 0.5) is 5.95 Å². The second-order valence-corrected chi connectivity index (χ2v) is 5.39. The van der Waals surface area contributed by atoms with Crippen LogP contribution >= 0.6 is 0 Å². The number of anilines is 1. The SMILES string of the molecule is COC1CNC(c2nc(N3CCCCCC3)no2)C1. The fourth-order valence-electron chi connectivity index (χ4n) is 2.84. The van der Waals surface area contributed by atoms with Crippen LogP contribution < -0.4 is 10.2 Å². The van der Waals surface area contributed by atoms with Crippen molar-refractivity contribution in [2.24, 2.45) is 0 Å². The van der Waals surface area contributed by atoms with Crippen LogP contribution in [-0.2, 0) is 4.74 Å². The van der Waals surface area contributed by atoms with Gasteiger partial charge in [0.2, 0.25) is 5.89 Å². The standard InChI is InChI=1S/C13H22N4O2/c1-18-10-8-11(14-9-10)12-15-13(16-19-12)17-6-4-2-3-5-7-17/h10-11,14H,2-9H2,1H3. The average Bonchev–Trinajstić information content (AvgIpc) is 3.02. The van der Waals surface area contributed by atoms with Crippen molar-refractivity contribution < 1.29 is 9.26 Å². The Hall–Kier alpha value is -1.14. The van der Waals surface area contributed by atoms with Gasteiger partial charge in [0.1, 0.15) is 0 Å². The average molecular weight is 266 g/mol. The summed E-state index contributed by atoms with van der Waals surface area (Å²) in [6.07, 6.45) is 6.20. The summed E-state index contributed by atoms with van der Waals surface area (Å²) in [7, 11) is 1.74. The number of hydrogen-bond acceptors (Lipinski definition) is 6. The van der Waals surface area contributed by atoms with Crippen LogP contribution in [-0.4, -0.2) is 43.0 Å². The molecule has 2 aliphatic rings. The molecular formula is C13H22N4O2. The Morgan fingerprint density at radius 2 is 2.05 bits per heavy atom. The Morgan fingerprint density at radius 1 is 1.26 bits per heavy atom. The van der Waals surface area contributed by atoms with Gasteiger partial charge in [0, 0.05) is 26.7 Å². The van der Waals surface area contributed by atoms with Crippen molar-refractivity contribution >= 4 is 5.95 Å². The Bertz CT molecular complexity index is 401. The summed E-state index contributed by atoms with van der Waals surface area (Å²) in [6.45, 7) is 2.93. The second-order valence-electron chi connectivity index (χ2n) is 5.39. The highest BCUT2D eigenvalue weighted by atomic mass is 16.5. The van der Waals surface area contributed by atoms with E-state index < -0.39 is 0 Å². The van der Waals surface area contributed by atoms with Crippen LogP contribution in [0, 0.1) is 0 Å². The molecule has 1 N–H and O–H groups in total. The smallest absolute Gasteiger partial charge is 0.266 e. The van der Waals surface area contributed by atoms with E-state index in [0.29, 0.717) is 5.89 Å². The molecule has 3 heterocycles. The van der Waals surface area contributed by atoms with Gasteiger partial charge in [-0.3, -0.25) is 0 Å². The minimum atomic E-state index is 0.137. The molecular weight excluding hydrogens is 244 g/mol. The van der Waals surface area contributed by atoms with Crippen molar-refractivity contribution in [2.45, 2.75) is 44.2 Å². The van der Waals surface area contributed by atoms with Crippen molar-refractivity contribution in [2.75, 3.05) is 31.6 Å². The highest BCUT2D eigenvalue weighted by Crippen LogP contribution is 2.25. The first-order chi connectivity index (χ1) is 9.36. The first-order valence-electron chi connectivity index (χ1n) is 7.21. The van der Waals surface area contributed by atoms with E-state index in [1.54, 1.807) is 7.11 Å². The molecule has 2 atom stereocenters. The van der Waals surface area contributed by atoms with E-state index in [0.717, 1.165) is 32.0 Å². The molecule has 0 spiro atoms. The molecule has 2 unspecified atom stereocenters. The van der Waals surface area contributed by atoms with Crippen LogP contribution in [0.15, 0.2) is 4.52 Å². The fourth-order valence-corrected chi connectivity index (χ4v) is 2.84. The van der Waals surface area contributed by atoms with Gasteiger partial charge in [-0.25, -0.2) is 0 Å². The molecule has 1 aromatic heterocycles. The topological polar surface area (TPSA) is 63.4 Å². The molecule has 1 aromatic rings. The van der Waals surface area contributed by atoms with E-state index in [2.05, 4.69) is 20.4 Å². The minimum absolute atomic E-state index is 0.137. The number of nitrogens with zero attached hydrogens (tertiary/aromatic N) is 3. The number of rotatable bonds is 3. The van der Waals surface area contributed by atoms with Crippen LogP contribution in [0.25, 0.3) is 0 Å². The second kappa shape index (κ2) is 5.88. The number of nitrogens with one attached hydrogen (secondary N) is 1. The number of aromatic nitrogens is 2. The van der Waals surface area contributed by atoms with E-state index in [9.17, 15) is 0 Å². The van der Waals surface area contributed by atoms with Gasteiger partial charge in [-0.15, -0.1) is 0 Å². The molecule has 3 rings (SSSR count). The van der Waals surface area contributed by atoms with Crippen molar-refractivity contribution in [3.63, 3.8) is 0 Å². The van der Waals surface area contributed by atoms with Gasteiger partial charge >= 0.3 is 0 Å². The summed E-state index contributed by atoms with van der Waals surface area (Å²) in [5.74, 6) is 1.44. The first kappa shape index (κ1) is 12.9. The zero-order valence-corrected chi connectivity index (χ0v) is 11.5. The lowest BCUT2D eigenvalue weighted by molar-refractivity contribution is 0.116. The van der Waals surface area contributed by atoms with Gasteiger partial charge in [-0.2, -0.15) is 4.98 Å². The van der Waals surface area contributed by atoms with Crippen molar-refractivity contribution in [3.8, 4) is 0 Å². The molecule has 0 aromatic carbocycles. The van der Waals surface area contributed by atoms with E-state index in [-0.39, 0.29) is 12.1 Å². The fraction of sp³-hybridized carbons (Fsp3) is 0.846. The van der Waals surface area contributed by atoms with Gasteiger partial charge in [0.05, 0.1) is 12.1 Å². The lowest BCUT2D eigenvalue weighted by Gasteiger charge is -2.16. The highest BCUT2D eigenvalue weighted by molar-refractivity contribution is 5.28. The Labute approximate surface area is 113 Å². The maximum atomic E-state index is 5.41. The van der Waals surface area contributed by atoms with Gasteiger partial charge in [-0.1, -0.05) is 12.8 Å². The third-order valence-corrected chi connectivity index (χ3v) is 4.04. The Kier molecular flexibility index (Phi) is 3.98. The molecule has 19 heavy (non-hydrogen) atoms. The van der Waals surface area contributed by atoms with Crippen LogP contribution in [0.3, 0.4) is 0 Å². The molecule has 2 fully saturated rings. The minimum Gasteiger partial charge on any atom is -0.380 e. The molecule has 0 aliphatic carbocycles. The molecule has 6 nitrogen and oxygen atoms in total. The third kappa shape index (κ3) is 2.90. The zero-order chi connectivity index (χ0) is 13.1. The molecule has 2 saturated heterocycles. The first-order valence-corrected chi connectivity index (χ1v) is 7.21. The van der Waals surface area contributed by atoms with Crippen molar-refractivity contribution in [1.82, 2.24) is 15.5 Å². The van der Waals surface area contributed by atoms with Gasteiger partial charge in [0.25, 0.3) is 5.95 Å². The maximum Gasteiger partial charge on any atom is 0.266 e. The molecule has 106 valence electrons. The molecule has 0 bridgehead atoms. The molecule has 6 heteroatoms. The van der Waals surface area contributed by atoms with Gasteiger partial charge in [-0.05, 0) is 24.4 Å². The molecule has 0 saturated carbocycles. The summed E-state index contributed by atoms with van der Waals surface area (Å²) in [5, 5.41) is 7.50. The van der Waals surface area contributed by atoms with Gasteiger partial charge in [0.15, 0.2) is 0 Å². The number of ether oxygens (including phenoxy) is 1. The van der Waals surface area contributed by atoms with Crippen molar-refractivity contribution in [3.05, 3.63) is 5.89 Å². The largest absolute Gasteiger partial charge is 0.380 e. The third-order valence-electron chi connectivity index (χ3n) is 4.04. The van der Waals surface area contributed by atoms with Crippen LogP contribution in [0.1, 0.15) is 44.0 Å². The normalized spacial score (nSPS) is 28.6. The van der Waals surface area contributed by atoms with E-state index in [1.807, 2.05) is 0 Å². The van der Waals surface area contributed by atoms with Crippen molar-refractivity contribution in [1.29, 1.82) is 0 Å². The predicted molar refractivity (Wildman–Crippen MR) is 71.1 cm³/mol. The van der Waals surface area contributed by atoms with E-state index >= 15 is 0 Å². The van der Waals surface area contributed by atoms with Crippen LogP contribution in [0.2, 0.25) is 0 Å². The number of methoxy groups -OCH3 is 1. The lowest BCUT2D eigenvalue weighted by atomic mass is 10.2. The lowest BCUT2D eigenvalue weighted by Crippen LogP contribution is -2.25.